The second kappa shape index (κ2) is 4.78. The van der Waals surface area contributed by atoms with Crippen LogP contribution in [0.1, 0.15) is 27.2 Å². The standard InChI is InChI=1S/C16H23BrN2/c1-16(2,3)15-8-11-9-18-10-14(11)19(15)13-6-4-12(17)5-7-13/h4-7,11,14-15,18H,8-10H2,1-3H3/t11-,14+,15?/m1/s1. The number of anilines is 1. The van der Waals surface area contributed by atoms with Gasteiger partial charge in [-0.2, -0.15) is 0 Å². The van der Waals surface area contributed by atoms with E-state index < -0.39 is 0 Å². The number of hydrogen-bond acceptors (Lipinski definition) is 2. The average Bonchev–Trinajstić information content (AvgIpc) is 2.89. The Morgan fingerprint density at radius 1 is 1.16 bits per heavy atom. The molecule has 1 aromatic rings. The van der Waals surface area contributed by atoms with Gasteiger partial charge in [-0.25, -0.2) is 0 Å². The van der Waals surface area contributed by atoms with Gasteiger partial charge in [0.05, 0.1) is 0 Å². The van der Waals surface area contributed by atoms with E-state index >= 15 is 0 Å². The highest BCUT2D eigenvalue weighted by Crippen LogP contribution is 2.43. The zero-order valence-corrected chi connectivity index (χ0v) is 13.6. The molecule has 1 aromatic carbocycles. The van der Waals surface area contributed by atoms with Gasteiger partial charge in [0.2, 0.25) is 0 Å². The Hall–Kier alpha value is -0.540. The fourth-order valence-electron chi connectivity index (χ4n) is 3.67. The van der Waals surface area contributed by atoms with E-state index in [1.54, 1.807) is 0 Å². The maximum atomic E-state index is 3.56. The van der Waals surface area contributed by atoms with Crippen molar-refractivity contribution in [1.29, 1.82) is 0 Å². The van der Waals surface area contributed by atoms with Gasteiger partial charge < -0.3 is 10.2 Å². The molecule has 3 rings (SSSR count). The average molecular weight is 323 g/mol. The van der Waals surface area contributed by atoms with Gasteiger partial charge in [-0.15, -0.1) is 0 Å². The Morgan fingerprint density at radius 3 is 2.47 bits per heavy atom. The van der Waals surface area contributed by atoms with Crippen LogP contribution in [0.25, 0.3) is 0 Å². The minimum Gasteiger partial charge on any atom is -0.363 e. The monoisotopic (exact) mass is 322 g/mol. The van der Waals surface area contributed by atoms with Crippen LogP contribution in [-0.4, -0.2) is 25.2 Å². The third kappa shape index (κ3) is 2.43. The first-order valence-corrected chi connectivity index (χ1v) is 8.01. The molecule has 2 fully saturated rings. The van der Waals surface area contributed by atoms with Gasteiger partial charge >= 0.3 is 0 Å². The van der Waals surface area contributed by atoms with Crippen LogP contribution in [0, 0.1) is 11.3 Å². The van der Waals surface area contributed by atoms with E-state index in [1.165, 1.54) is 18.7 Å². The molecule has 0 bridgehead atoms. The molecule has 104 valence electrons. The number of halogens is 1. The Kier molecular flexibility index (Phi) is 3.38. The van der Waals surface area contributed by atoms with Crippen molar-refractivity contribution < 1.29 is 0 Å². The highest BCUT2D eigenvalue weighted by Gasteiger charge is 2.47. The topological polar surface area (TPSA) is 15.3 Å². The van der Waals surface area contributed by atoms with Gasteiger partial charge in [0.25, 0.3) is 0 Å². The molecule has 3 heteroatoms. The van der Waals surface area contributed by atoms with E-state index in [-0.39, 0.29) is 0 Å². The number of hydrogen-bond donors (Lipinski definition) is 1. The van der Waals surface area contributed by atoms with Crippen molar-refractivity contribution in [2.75, 3.05) is 18.0 Å². The van der Waals surface area contributed by atoms with E-state index in [2.05, 4.69) is 71.2 Å². The van der Waals surface area contributed by atoms with Crippen molar-refractivity contribution in [3.05, 3.63) is 28.7 Å². The van der Waals surface area contributed by atoms with Crippen molar-refractivity contribution >= 4 is 21.6 Å². The van der Waals surface area contributed by atoms with Crippen molar-refractivity contribution in [2.45, 2.75) is 39.3 Å². The summed E-state index contributed by atoms with van der Waals surface area (Å²) in [4.78, 5) is 2.68. The fraction of sp³-hybridized carbons (Fsp3) is 0.625. The lowest BCUT2D eigenvalue weighted by atomic mass is 9.83. The minimum absolute atomic E-state index is 0.331. The Morgan fingerprint density at radius 2 is 1.84 bits per heavy atom. The molecule has 0 aromatic heterocycles. The molecular formula is C16H23BrN2. The summed E-state index contributed by atoms with van der Waals surface area (Å²) < 4.78 is 1.16. The Balaban J connectivity index is 1.96. The van der Waals surface area contributed by atoms with Gasteiger partial charge in [0.1, 0.15) is 0 Å². The zero-order valence-electron chi connectivity index (χ0n) is 12.0. The maximum Gasteiger partial charge on any atom is 0.0458 e. The quantitative estimate of drug-likeness (QED) is 0.848. The Labute approximate surface area is 124 Å². The van der Waals surface area contributed by atoms with Crippen LogP contribution in [0.15, 0.2) is 28.7 Å². The molecule has 0 radical (unpaired) electrons. The molecule has 2 aliphatic heterocycles. The molecular weight excluding hydrogens is 300 g/mol. The molecule has 1 N–H and O–H groups in total. The van der Waals surface area contributed by atoms with Crippen molar-refractivity contribution in [2.24, 2.45) is 11.3 Å². The summed E-state index contributed by atoms with van der Waals surface area (Å²) in [6, 6.07) is 10.1. The number of rotatable bonds is 1. The lowest BCUT2D eigenvalue weighted by Crippen LogP contribution is -2.45. The van der Waals surface area contributed by atoms with Crippen molar-refractivity contribution in [3.63, 3.8) is 0 Å². The van der Waals surface area contributed by atoms with Crippen LogP contribution in [0.3, 0.4) is 0 Å². The number of benzene rings is 1. The highest BCUT2D eigenvalue weighted by atomic mass is 79.9. The third-order valence-corrected chi connectivity index (χ3v) is 5.18. The number of nitrogens with zero attached hydrogens (tertiary/aromatic N) is 1. The van der Waals surface area contributed by atoms with Gasteiger partial charge in [-0.3, -0.25) is 0 Å². The fourth-order valence-corrected chi connectivity index (χ4v) is 3.94. The summed E-state index contributed by atoms with van der Waals surface area (Å²) in [6.45, 7) is 9.44. The van der Waals surface area contributed by atoms with Gasteiger partial charge in [0.15, 0.2) is 0 Å². The largest absolute Gasteiger partial charge is 0.363 e. The van der Waals surface area contributed by atoms with Crippen LogP contribution in [0.4, 0.5) is 5.69 Å². The normalized spacial score (nSPS) is 30.7. The molecule has 0 aliphatic carbocycles. The zero-order chi connectivity index (χ0) is 13.6. The molecule has 19 heavy (non-hydrogen) atoms. The van der Waals surface area contributed by atoms with Crippen LogP contribution < -0.4 is 10.2 Å². The molecule has 2 heterocycles. The first-order valence-electron chi connectivity index (χ1n) is 7.21. The molecule has 0 amide bonds. The van der Waals surface area contributed by atoms with Gasteiger partial charge in [0, 0.05) is 35.3 Å². The minimum atomic E-state index is 0.331. The summed E-state index contributed by atoms with van der Waals surface area (Å²) in [5.74, 6) is 0.813. The SMILES string of the molecule is CC(C)(C)C1C[C@@H]2CNC[C@@H]2N1c1ccc(Br)cc1. The maximum absolute atomic E-state index is 3.56. The summed E-state index contributed by atoms with van der Waals surface area (Å²) >= 11 is 3.53. The summed E-state index contributed by atoms with van der Waals surface area (Å²) in [5, 5.41) is 3.56. The molecule has 3 atom stereocenters. The number of fused-ring (bicyclic) bond motifs is 1. The predicted molar refractivity (Wildman–Crippen MR) is 84.6 cm³/mol. The van der Waals surface area contributed by atoms with Crippen molar-refractivity contribution in [1.82, 2.24) is 5.32 Å². The van der Waals surface area contributed by atoms with Crippen LogP contribution in [0.2, 0.25) is 0 Å². The summed E-state index contributed by atoms with van der Waals surface area (Å²) in [7, 11) is 0. The van der Waals surface area contributed by atoms with E-state index in [4.69, 9.17) is 0 Å². The lowest BCUT2D eigenvalue weighted by Gasteiger charge is -2.39. The summed E-state index contributed by atoms with van der Waals surface area (Å²) in [6.07, 6.45) is 1.32. The van der Waals surface area contributed by atoms with Crippen LogP contribution in [-0.2, 0) is 0 Å². The van der Waals surface area contributed by atoms with Gasteiger partial charge in [-0.1, -0.05) is 36.7 Å². The van der Waals surface area contributed by atoms with Gasteiger partial charge in [-0.05, 0) is 42.0 Å². The predicted octanol–water partition coefficient (Wildman–Crippen LogP) is 3.66. The molecule has 2 nitrogen and oxygen atoms in total. The Bertz CT molecular complexity index is 449. The third-order valence-electron chi connectivity index (χ3n) is 4.65. The van der Waals surface area contributed by atoms with E-state index in [9.17, 15) is 0 Å². The molecule has 0 saturated carbocycles. The van der Waals surface area contributed by atoms with Crippen molar-refractivity contribution in [3.8, 4) is 0 Å². The van der Waals surface area contributed by atoms with Crippen LogP contribution >= 0.6 is 15.9 Å². The van der Waals surface area contributed by atoms with E-state index in [1.807, 2.05) is 0 Å². The lowest BCUT2D eigenvalue weighted by molar-refractivity contribution is 0.308. The molecule has 0 spiro atoms. The first-order chi connectivity index (χ1) is 8.97. The molecule has 2 saturated heterocycles. The van der Waals surface area contributed by atoms with E-state index in [0.717, 1.165) is 16.9 Å². The van der Waals surface area contributed by atoms with E-state index in [0.29, 0.717) is 17.5 Å². The second-order valence-corrected chi connectivity index (χ2v) is 7.90. The smallest absolute Gasteiger partial charge is 0.0458 e. The molecule has 2 aliphatic rings. The van der Waals surface area contributed by atoms with Crippen LogP contribution in [0.5, 0.6) is 0 Å². The number of nitrogens with one attached hydrogen (secondary N) is 1. The summed E-state index contributed by atoms with van der Waals surface area (Å²) in [5.41, 5.74) is 1.71. The first kappa shape index (κ1) is 13.4. The second-order valence-electron chi connectivity index (χ2n) is 6.99. The molecule has 1 unspecified atom stereocenters. The highest BCUT2D eigenvalue weighted by molar-refractivity contribution is 9.10.